The number of anilines is 1. The molecule has 0 aliphatic heterocycles. The maximum atomic E-state index is 6.03. The fourth-order valence-corrected chi connectivity index (χ4v) is 1.54. The second kappa shape index (κ2) is 6.50. The SMILES string of the molecule is COc1cc(Cl)c(C)cc1NC(N)=NCC(C)C. The van der Waals surface area contributed by atoms with Crippen LogP contribution < -0.4 is 15.8 Å². The lowest BCUT2D eigenvalue weighted by atomic mass is 10.2. The number of aryl methyl sites for hydroxylation is 1. The van der Waals surface area contributed by atoms with E-state index in [9.17, 15) is 0 Å². The highest BCUT2D eigenvalue weighted by Gasteiger charge is 2.07. The van der Waals surface area contributed by atoms with E-state index in [-0.39, 0.29) is 0 Å². The van der Waals surface area contributed by atoms with Crippen molar-refractivity contribution in [1.29, 1.82) is 0 Å². The van der Waals surface area contributed by atoms with Gasteiger partial charge in [-0.05, 0) is 24.5 Å². The van der Waals surface area contributed by atoms with Crippen LogP contribution in [-0.2, 0) is 0 Å². The minimum atomic E-state index is 0.378. The summed E-state index contributed by atoms with van der Waals surface area (Å²) >= 11 is 6.03. The standard InChI is InChI=1S/C13H20ClN3O/c1-8(2)7-16-13(15)17-11-5-9(3)10(14)6-12(11)18-4/h5-6,8H,7H2,1-4H3,(H3,15,16,17). The lowest BCUT2D eigenvalue weighted by Crippen LogP contribution is -2.23. The molecule has 3 N–H and O–H groups in total. The van der Waals surface area contributed by atoms with Crippen molar-refractivity contribution in [2.75, 3.05) is 19.0 Å². The van der Waals surface area contributed by atoms with Gasteiger partial charge in [0.1, 0.15) is 5.75 Å². The molecule has 0 amide bonds. The molecule has 0 atom stereocenters. The largest absolute Gasteiger partial charge is 0.495 e. The van der Waals surface area contributed by atoms with Crippen molar-refractivity contribution < 1.29 is 4.74 Å². The number of rotatable bonds is 4. The van der Waals surface area contributed by atoms with Gasteiger partial charge in [0.15, 0.2) is 5.96 Å². The first-order valence-corrected chi connectivity index (χ1v) is 6.23. The summed E-state index contributed by atoms with van der Waals surface area (Å²) in [6, 6.07) is 3.65. The van der Waals surface area contributed by atoms with Crippen LogP contribution in [0.4, 0.5) is 5.69 Å². The molecule has 0 aliphatic carbocycles. The number of hydrogen-bond donors (Lipinski definition) is 2. The second-order valence-corrected chi connectivity index (χ2v) is 4.95. The van der Waals surface area contributed by atoms with Gasteiger partial charge < -0.3 is 15.8 Å². The molecule has 0 unspecified atom stereocenters. The van der Waals surface area contributed by atoms with Crippen LogP contribution >= 0.6 is 11.6 Å². The number of nitrogens with one attached hydrogen (secondary N) is 1. The first-order valence-electron chi connectivity index (χ1n) is 5.85. The molecule has 0 heterocycles. The van der Waals surface area contributed by atoms with Gasteiger partial charge in [-0.1, -0.05) is 25.4 Å². The van der Waals surface area contributed by atoms with E-state index < -0.39 is 0 Å². The Bertz CT molecular complexity index is 444. The molecule has 0 fully saturated rings. The second-order valence-electron chi connectivity index (χ2n) is 4.55. The van der Waals surface area contributed by atoms with Crippen LogP contribution in [0.5, 0.6) is 5.75 Å². The molecular formula is C13H20ClN3O. The quantitative estimate of drug-likeness (QED) is 0.652. The molecule has 0 radical (unpaired) electrons. The first kappa shape index (κ1) is 14.6. The third-order valence-electron chi connectivity index (χ3n) is 2.37. The zero-order valence-corrected chi connectivity index (χ0v) is 12.0. The van der Waals surface area contributed by atoms with E-state index in [1.807, 2.05) is 13.0 Å². The van der Waals surface area contributed by atoms with Crippen LogP contribution in [0.1, 0.15) is 19.4 Å². The maximum absolute atomic E-state index is 6.03. The normalized spacial score (nSPS) is 11.8. The van der Waals surface area contributed by atoms with Crippen LogP contribution in [0.2, 0.25) is 5.02 Å². The molecular weight excluding hydrogens is 250 g/mol. The van der Waals surface area contributed by atoms with Crippen LogP contribution in [0.15, 0.2) is 17.1 Å². The number of nitrogens with two attached hydrogens (primary N) is 1. The molecule has 0 spiro atoms. The summed E-state index contributed by atoms with van der Waals surface area (Å²) < 4.78 is 5.25. The van der Waals surface area contributed by atoms with E-state index in [1.165, 1.54) is 0 Å². The number of nitrogens with zero attached hydrogens (tertiary/aromatic N) is 1. The lowest BCUT2D eigenvalue weighted by molar-refractivity contribution is 0.417. The number of ether oxygens (including phenoxy) is 1. The monoisotopic (exact) mass is 269 g/mol. The fourth-order valence-electron chi connectivity index (χ4n) is 1.39. The smallest absolute Gasteiger partial charge is 0.193 e. The van der Waals surface area contributed by atoms with Gasteiger partial charge in [0, 0.05) is 17.6 Å². The Morgan fingerprint density at radius 2 is 2.17 bits per heavy atom. The fraction of sp³-hybridized carbons (Fsp3) is 0.462. The highest BCUT2D eigenvalue weighted by molar-refractivity contribution is 6.31. The van der Waals surface area contributed by atoms with Gasteiger partial charge in [0.25, 0.3) is 0 Å². The van der Waals surface area contributed by atoms with E-state index in [2.05, 4.69) is 24.2 Å². The minimum absolute atomic E-state index is 0.378. The molecule has 18 heavy (non-hydrogen) atoms. The van der Waals surface area contributed by atoms with E-state index in [0.29, 0.717) is 29.2 Å². The predicted molar refractivity (Wildman–Crippen MR) is 77.7 cm³/mol. The number of guanidine groups is 1. The lowest BCUT2D eigenvalue weighted by Gasteiger charge is -2.13. The van der Waals surface area contributed by atoms with E-state index in [4.69, 9.17) is 22.1 Å². The predicted octanol–water partition coefficient (Wildman–Crippen LogP) is 3.04. The number of benzene rings is 1. The molecule has 5 heteroatoms. The summed E-state index contributed by atoms with van der Waals surface area (Å²) in [6.07, 6.45) is 0. The number of hydrogen-bond acceptors (Lipinski definition) is 2. The number of aliphatic imine (C=N–C) groups is 1. The summed E-state index contributed by atoms with van der Waals surface area (Å²) in [5.41, 5.74) is 7.54. The summed E-state index contributed by atoms with van der Waals surface area (Å²) in [5.74, 6) is 1.50. The molecule has 1 aromatic carbocycles. The number of methoxy groups -OCH3 is 1. The zero-order valence-electron chi connectivity index (χ0n) is 11.2. The average molecular weight is 270 g/mol. The van der Waals surface area contributed by atoms with Crippen LogP contribution in [0.3, 0.4) is 0 Å². The van der Waals surface area contributed by atoms with Crippen LogP contribution in [-0.4, -0.2) is 19.6 Å². The molecule has 0 bridgehead atoms. The summed E-state index contributed by atoms with van der Waals surface area (Å²) in [4.78, 5) is 4.24. The van der Waals surface area contributed by atoms with Gasteiger partial charge in [-0.3, -0.25) is 4.99 Å². The minimum Gasteiger partial charge on any atom is -0.495 e. The molecule has 0 saturated heterocycles. The third-order valence-corrected chi connectivity index (χ3v) is 2.78. The highest BCUT2D eigenvalue weighted by atomic mass is 35.5. The van der Waals surface area contributed by atoms with Crippen LogP contribution in [0.25, 0.3) is 0 Å². The Hall–Kier alpha value is -1.42. The Morgan fingerprint density at radius 1 is 1.50 bits per heavy atom. The third kappa shape index (κ3) is 4.11. The Balaban J connectivity index is 2.89. The molecule has 0 saturated carbocycles. The highest BCUT2D eigenvalue weighted by Crippen LogP contribution is 2.30. The number of halogens is 1. The average Bonchev–Trinajstić information content (AvgIpc) is 2.31. The van der Waals surface area contributed by atoms with Gasteiger partial charge in [0.2, 0.25) is 0 Å². The van der Waals surface area contributed by atoms with Crippen molar-refractivity contribution in [3.63, 3.8) is 0 Å². The Kier molecular flexibility index (Phi) is 5.28. The molecule has 1 rings (SSSR count). The van der Waals surface area contributed by atoms with Gasteiger partial charge >= 0.3 is 0 Å². The first-order chi connectivity index (χ1) is 8.43. The van der Waals surface area contributed by atoms with Crippen molar-refractivity contribution in [3.05, 3.63) is 22.7 Å². The zero-order chi connectivity index (χ0) is 13.7. The van der Waals surface area contributed by atoms with Gasteiger partial charge in [-0.15, -0.1) is 0 Å². The maximum Gasteiger partial charge on any atom is 0.193 e. The molecule has 0 aliphatic rings. The van der Waals surface area contributed by atoms with E-state index in [1.54, 1.807) is 13.2 Å². The van der Waals surface area contributed by atoms with Gasteiger partial charge in [0.05, 0.1) is 12.8 Å². The molecule has 1 aromatic rings. The van der Waals surface area contributed by atoms with Crippen molar-refractivity contribution in [3.8, 4) is 5.75 Å². The Labute approximate surface area is 113 Å². The van der Waals surface area contributed by atoms with Crippen molar-refractivity contribution in [2.24, 2.45) is 16.6 Å². The van der Waals surface area contributed by atoms with E-state index >= 15 is 0 Å². The van der Waals surface area contributed by atoms with E-state index in [0.717, 1.165) is 11.3 Å². The van der Waals surface area contributed by atoms with Gasteiger partial charge in [-0.2, -0.15) is 0 Å². The summed E-state index contributed by atoms with van der Waals surface area (Å²) in [5, 5.41) is 3.69. The van der Waals surface area contributed by atoms with Crippen molar-refractivity contribution >= 4 is 23.2 Å². The molecule has 4 nitrogen and oxygen atoms in total. The summed E-state index contributed by atoms with van der Waals surface area (Å²) in [7, 11) is 1.59. The topological polar surface area (TPSA) is 59.6 Å². The Morgan fingerprint density at radius 3 is 2.72 bits per heavy atom. The van der Waals surface area contributed by atoms with Crippen molar-refractivity contribution in [1.82, 2.24) is 0 Å². The molecule has 100 valence electrons. The molecule has 0 aromatic heterocycles. The summed E-state index contributed by atoms with van der Waals surface area (Å²) in [6.45, 7) is 6.79. The van der Waals surface area contributed by atoms with Crippen LogP contribution in [0, 0.1) is 12.8 Å². The van der Waals surface area contributed by atoms with Crippen molar-refractivity contribution in [2.45, 2.75) is 20.8 Å². The van der Waals surface area contributed by atoms with Gasteiger partial charge in [-0.25, -0.2) is 0 Å².